The molecule has 0 aromatic carbocycles. The molecule has 1 saturated heterocycles. The molecule has 0 spiro atoms. The van der Waals surface area contributed by atoms with E-state index in [1.54, 1.807) is 0 Å². The van der Waals surface area contributed by atoms with Crippen LogP contribution in [-0.4, -0.2) is 58.0 Å². The van der Waals surface area contributed by atoms with Gasteiger partial charge in [0.25, 0.3) is 0 Å². The van der Waals surface area contributed by atoms with Crippen LogP contribution in [0.5, 0.6) is 0 Å². The van der Waals surface area contributed by atoms with Crippen LogP contribution in [0.25, 0.3) is 0 Å². The van der Waals surface area contributed by atoms with Gasteiger partial charge in [0.1, 0.15) is 5.82 Å². The number of imidazole rings is 1. The van der Waals surface area contributed by atoms with Gasteiger partial charge in [-0.15, -0.1) is 0 Å². The van der Waals surface area contributed by atoms with Crippen molar-refractivity contribution in [1.82, 2.24) is 19.4 Å². The van der Waals surface area contributed by atoms with Gasteiger partial charge in [0.15, 0.2) is 0 Å². The van der Waals surface area contributed by atoms with Crippen LogP contribution in [0, 0.1) is 5.92 Å². The Morgan fingerprint density at radius 3 is 2.41 bits per heavy atom. The number of nitrogens with zero attached hydrogens (tertiary/aromatic N) is 4. The molecule has 2 heterocycles. The van der Waals surface area contributed by atoms with Crippen molar-refractivity contribution >= 4 is 5.91 Å². The number of hydrogen-bond donors (Lipinski definition) is 0. The molecule has 1 amide bonds. The molecule has 0 unspecified atom stereocenters. The lowest BCUT2D eigenvalue weighted by molar-refractivity contribution is -0.137. The monoisotopic (exact) mass is 306 g/mol. The molecule has 124 valence electrons. The molecular formula is C17H30N4O. The van der Waals surface area contributed by atoms with Crippen LogP contribution in [0.3, 0.4) is 0 Å². The molecule has 1 fully saturated rings. The largest absolute Gasteiger partial charge is 0.340 e. The number of piperazine rings is 1. The van der Waals surface area contributed by atoms with Gasteiger partial charge < -0.3 is 9.47 Å². The normalized spacial score (nSPS) is 16.5. The van der Waals surface area contributed by atoms with Gasteiger partial charge in [-0.1, -0.05) is 20.8 Å². The molecule has 5 nitrogen and oxygen atoms in total. The van der Waals surface area contributed by atoms with Crippen molar-refractivity contribution in [3.8, 4) is 0 Å². The highest BCUT2D eigenvalue weighted by Crippen LogP contribution is 2.14. The van der Waals surface area contributed by atoms with Crippen LogP contribution in [-0.2, 0) is 17.8 Å². The maximum atomic E-state index is 12.4. The molecule has 0 saturated carbocycles. The predicted molar refractivity (Wildman–Crippen MR) is 88.7 cm³/mol. The summed E-state index contributed by atoms with van der Waals surface area (Å²) in [7, 11) is 0. The number of amides is 1. The Balaban J connectivity index is 1.76. The molecule has 22 heavy (non-hydrogen) atoms. The standard InChI is InChI=1S/C17H30N4O/c1-4-15(5-2)17(22)21-13-10-19(11-14-21)9-12-20-8-7-18-16(20)6-3/h7-8,15H,4-6,9-14H2,1-3H3. The zero-order valence-corrected chi connectivity index (χ0v) is 14.3. The van der Waals surface area contributed by atoms with Crippen molar-refractivity contribution in [1.29, 1.82) is 0 Å². The Morgan fingerprint density at radius 1 is 1.14 bits per heavy atom. The van der Waals surface area contributed by atoms with Gasteiger partial charge in [-0.2, -0.15) is 0 Å². The second kappa shape index (κ2) is 8.32. The summed E-state index contributed by atoms with van der Waals surface area (Å²) in [5, 5.41) is 0. The van der Waals surface area contributed by atoms with Crippen LogP contribution in [0.15, 0.2) is 12.4 Å². The van der Waals surface area contributed by atoms with Gasteiger partial charge in [0, 0.05) is 64.0 Å². The summed E-state index contributed by atoms with van der Waals surface area (Å²) >= 11 is 0. The summed E-state index contributed by atoms with van der Waals surface area (Å²) in [6, 6.07) is 0. The quantitative estimate of drug-likeness (QED) is 0.774. The second-order valence-corrected chi connectivity index (χ2v) is 6.07. The first-order valence-electron chi connectivity index (χ1n) is 8.70. The summed E-state index contributed by atoms with van der Waals surface area (Å²) in [5.41, 5.74) is 0. The fourth-order valence-corrected chi connectivity index (χ4v) is 3.20. The molecular weight excluding hydrogens is 276 g/mol. The lowest BCUT2D eigenvalue weighted by atomic mass is 10.0. The van der Waals surface area contributed by atoms with Crippen molar-refractivity contribution < 1.29 is 4.79 Å². The van der Waals surface area contributed by atoms with E-state index in [4.69, 9.17) is 0 Å². The van der Waals surface area contributed by atoms with E-state index in [1.807, 2.05) is 6.20 Å². The smallest absolute Gasteiger partial charge is 0.225 e. The maximum absolute atomic E-state index is 12.4. The number of carbonyl (C=O) groups is 1. The fourth-order valence-electron chi connectivity index (χ4n) is 3.20. The minimum atomic E-state index is 0.213. The van der Waals surface area contributed by atoms with Gasteiger partial charge >= 0.3 is 0 Å². The topological polar surface area (TPSA) is 41.4 Å². The van der Waals surface area contributed by atoms with Gasteiger partial charge in [-0.3, -0.25) is 9.69 Å². The summed E-state index contributed by atoms with van der Waals surface area (Å²) in [5.74, 6) is 1.72. The minimum Gasteiger partial charge on any atom is -0.340 e. The van der Waals surface area contributed by atoms with E-state index in [0.717, 1.165) is 64.4 Å². The van der Waals surface area contributed by atoms with Crippen LogP contribution in [0.1, 0.15) is 39.4 Å². The Bertz CT molecular complexity index is 459. The lowest BCUT2D eigenvalue weighted by Crippen LogP contribution is -2.50. The Morgan fingerprint density at radius 2 is 1.82 bits per heavy atom. The van der Waals surface area contributed by atoms with Crippen molar-refractivity contribution in [2.45, 2.75) is 46.6 Å². The Labute approximate surface area is 134 Å². The molecule has 2 rings (SSSR count). The molecule has 0 atom stereocenters. The molecule has 0 radical (unpaired) electrons. The number of aromatic nitrogens is 2. The van der Waals surface area contributed by atoms with Gasteiger partial charge in [-0.05, 0) is 12.8 Å². The average molecular weight is 306 g/mol. The first-order chi connectivity index (χ1) is 10.7. The van der Waals surface area contributed by atoms with Gasteiger partial charge in [-0.25, -0.2) is 4.98 Å². The highest BCUT2D eigenvalue weighted by Gasteiger charge is 2.25. The zero-order chi connectivity index (χ0) is 15.9. The number of carbonyl (C=O) groups excluding carboxylic acids is 1. The SMILES string of the molecule is CCc1nccn1CCN1CCN(C(=O)C(CC)CC)CC1. The summed E-state index contributed by atoms with van der Waals surface area (Å²) in [6.45, 7) is 12.1. The predicted octanol–water partition coefficient (Wildman–Crippen LogP) is 2.03. The highest BCUT2D eigenvalue weighted by atomic mass is 16.2. The fraction of sp³-hybridized carbons (Fsp3) is 0.765. The first kappa shape index (κ1) is 17.0. The third kappa shape index (κ3) is 4.09. The van der Waals surface area contributed by atoms with E-state index >= 15 is 0 Å². The minimum absolute atomic E-state index is 0.213. The summed E-state index contributed by atoms with van der Waals surface area (Å²) < 4.78 is 2.24. The number of rotatable bonds is 7. The van der Waals surface area contributed by atoms with Crippen molar-refractivity contribution in [2.75, 3.05) is 32.7 Å². The highest BCUT2D eigenvalue weighted by molar-refractivity contribution is 5.78. The van der Waals surface area contributed by atoms with E-state index in [0.29, 0.717) is 5.91 Å². The van der Waals surface area contributed by atoms with Crippen LogP contribution >= 0.6 is 0 Å². The van der Waals surface area contributed by atoms with Crippen LogP contribution in [0.2, 0.25) is 0 Å². The van der Waals surface area contributed by atoms with E-state index in [1.165, 1.54) is 0 Å². The molecule has 1 aliphatic heterocycles. The van der Waals surface area contributed by atoms with Crippen molar-refractivity contribution in [3.63, 3.8) is 0 Å². The molecule has 0 aliphatic carbocycles. The molecule has 1 aliphatic rings. The van der Waals surface area contributed by atoms with E-state index in [-0.39, 0.29) is 5.92 Å². The molecule has 1 aromatic rings. The third-order valence-electron chi connectivity index (χ3n) is 4.79. The molecule has 0 N–H and O–H groups in total. The van der Waals surface area contributed by atoms with Crippen LogP contribution in [0.4, 0.5) is 0 Å². The third-order valence-corrected chi connectivity index (χ3v) is 4.79. The Kier molecular flexibility index (Phi) is 6.43. The zero-order valence-electron chi connectivity index (χ0n) is 14.3. The number of hydrogen-bond acceptors (Lipinski definition) is 3. The molecule has 1 aromatic heterocycles. The number of aryl methyl sites for hydroxylation is 1. The van der Waals surface area contributed by atoms with E-state index in [9.17, 15) is 4.79 Å². The van der Waals surface area contributed by atoms with Gasteiger partial charge in [0.05, 0.1) is 0 Å². The average Bonchev–Trinajstić information content (AvgIpc) is 3.02. The van der Waals surface area contributed by atoms with E-state index in [2.05, 4.69) is 46.3 Å². The maximum Gasteiger partial charge on any atom is 0.225 e. The summed E-state index contributed by atoms with van der Waals surface area (Å²) in [6.07, 6.45) is 6.83. The van der Waals surface area contributed by atoms with Crippen molar-refractivity contribution in [3.05, 3.63) is 18.2 Å². The Hall–Kier alpha value is -1.36. The molecule has 5 heteroatoms. The van der Waals surface area contributed by atoms with Gasteiger partial charge in [0.2, 0.25) is 5.91 Å². The second-order valence-electron chi connectivity index (χ2n) is 6.07. The van der Waals surface area contributed by atoms with Crippen molar-refractivity contribution in [2.24, 2.45) is 5.92 Å². The van der Waals surface area contributed by atoms with Crippen LogP contribution < -0.4 is 0 Å². The first-order valence-corrected chi connectivity index (χ1v) is 8.70. The van der Waals surface area contributed by atoms with E-state index < -0.39 is 0 Å². The molecule has 0 bridgehead atoms. The lowest BCUT2D eigenvalue weighted by Gasteiger charge is -2.36. The summed E-state index contributed by atoms with van der Waals surface area (Å²) in [4.78, 5) is 21.3.